The van der Waals surface area contributed by atoms with E-state index in [0.29, 0.717) is 27.9 Å². The summed E-state index contributed by atoms with van der Waals surface area (Å²) >= 11 is 5.92. The number of ether oxygens (including phenoxy) is 2. The van der Waals surface area contributed by atoms with Crippen molar-refractivity contribution in [1.29, 1.82) is 0 Å². The molecule has 0 saturated carbocycles. The van der Waals surface area contributed by atoms with Crippen LogP contribution >= 0.6 is 11.6 Å². The number of aryl methyl sites for hydroxylation is 1. The normalized spacial score (nSPS) is 10.3. The number of rotatable bonds is 7. The van der Waals surface area contributed by atoms with Crippen LogP contribution in [0.25, 0.3) is 0 Å². The monoisotopic (exact) mass is 414 g/mol. The van der Waals surface area contributed by atoms with Crippen LogP contribution < -0.4 is 20.1 Å². The fourth-order valence-corrected chi connectivity index (χ4v) is 2.81. The lowest BCUT2D eigenvalue weighted by molar-refractivity contribution is -0.118. The van der Waals surface area contributed by atoms with Gasteiger partial charge >= 0.3 is 0 Å². The van der Waals surface area contributed by atoms with Gasteiger partial charge in [-0.1, -0.05) is 11.6 Å². The third-order valence-corrected chi connectivity index (χ3v) is 4.21. The molecule has 2 amide bonds. The molecular weight excluding hydrogens is 396 g/mol. The van der Waals surface area contributed by atoms with Crippen LogP contribution in [0.3, 0.4) is 0 Å². The van der Waals surface area contributed by atoms with Crippen molar-refractivity contribution in [2.45, 2.75) is 6.92 Å². The molecule has 0 aliphatic rings. The molecule has 2 aromatic carbocycles. The van der Waals surface area contributed by atoms with E-state index in [1.165, 1.54) is 13.4 Å². The highest BCUT2D eigenvalue weighted by molar-refractivity contribution is 6.30. The molecule has 0 spiro atoms. The van der Waals surface area contributed by atoms with Crippen LogP contribution in [0.2, 0.25) is 5.02 Å². The molecule has 29 heavy (non-hydrogen) atoms. The Morgan fingerprint density at radius 2 is 1.86 bits per heavy atom. The van der Waals surface area contributed by atoms with Crippen molar-refractivity contribution in [1.82, 2.24) is 0 Å². The summed E-state index contributed by atoms with van der Waals surface area (Å²) in [4.78, 5) is 24.5. The zero-order valence-electron chi connectivity index (χ0n) is 15.8. The van der Waals surface area contributed by atoms with Crippen LogP contribution in [0.15, 0.2) is 59.2 Å². The van der Waals surface area contributed by atoms with Crippen LogP contribution in [0, 0.1) is 6.92 Å². The van der Waals surface area contributed by atoms with Crippen LogP contribution in [-0.2, 0) is 4.79 Å². The van der Waals surface area contributed by atoms with Gasteiger partial charge in [0.05, 0.1) is 19.1 Å². The summed E-state index contributed by atoms with van der Waals surface area (Å²) < 4.78 is 15.9. The molecular formula is C21H19ClN2O5. The number of nitrogens with one attached hydrogen (secondary N) is 2. The molecule has 0 bridgehead atoms. The Bertz CT molecular complexity index is 1020. The summed E-state index contributed by atoms with van der Waals surface area (Å²) in [5.74, 6) is 0.400. The summed E-state index contributed by atoms with van der Waals surface area (Å²) in [5, 5.41) is 6.01. The number of halogens is 1. The Balaban J connectivity index is 1.66. The summed E-state index contributed by atoms with van der Waals surface area (Å²) in [5.41, 5.74) is 1.69. The minimum absolute atomic E-state index is 0.179. The van der Waals surface area contributed by atoms with Gasteiger partial charge in [-0.15, -0.1) is 0 Å². The Morgan fingerprint density at radius 3 is 2.55 bits per heavy atom. The molecule has 3 rings (SSSR count). The first kappa shape index (κ1) is 20.3. The van der Waals surface area contributed by atoms with Crippen molar-refractivity contribution in [2.75, 3.05) is 24.4 Å². The van der Waals surface area contributed by atoms with E-state index in [-0.39, 0.29) is 18.3 Å². The first-order valence-corrected chi connectivity index (χ1v) is 9.06. The van der Waals surface area contributed by atoms with Gasteiger partial charge in [-0.05, 0) is 61.0 Å². The smallest absolute Gasteiger partial charge is 0.291 e. The largest absolute Gasteiger partial charge is 0.495 e. The molecule has 1 heterocycles. The van der Waals surface area contributed by atoms with Gasteiger partial charge in [-0.2, -0.15) is 0 Å². The van der Waals surface area contributed by atoms with Crippen molar-refractivity contribution in [3.63, 3.8) is 0 Å². The van der Waals surface area contributed by atoms with E-state index in [1.54, 1.807) is 48.5 Å². The van der Waals surface area contributed by atoms with E-state index < -0.39 is 5.91 Å². The minimum Gasteiger partial charge on any atom is -0.495 e. The van der Waals surface area contributed by atoms with E-state index in [9.17, 15) is 9.59 Å². The molecule has 2 N–H and O–H groups in total. The Hall–Kier alpha value is -3.45. The Labute approximate surface area is 172 Å². The van der Waals surface area contributed by atoms with Crippen molar-refractivity contribution < 1.29 is 23.5 Å². The summed E-state index contributed by atoms with van der Waals surface area (Å²) in [7, 11) is 1.49. The highest BCUT2D eigenvalue weighted by Gasteiger charge is 2.13. The summed E-state index contributed by atoms with van der Waals surface area (Å²) in [6, 6.07) is 13.2. The number of benzene rings is 2. The molecule has 0 atom stereocenters. The van der Waals surface area contributed by atoms with Crippen molar-refractivity contribution in [3.8, 4) is 11.5 Å². The second-order valence-corrected chi connectivity index (χ2v) is 6.53. The van der Waals surface area contributed by atoms with Crippen molar-refractivity contribution >= 4 is 34.8 Å². The zero-order valence-corrected chi connectivity index (χ0v) is 16.6. The van der Waals surface area contributed by atoms with Crippen LogP contribution in [0.4, 0.5) is 11.4 Å². The average Bonchev–Trinajstić information content (AvgIpc) is 3.22. The second-order valence-electron chi connectivity index (χ2n) is 6.09. The number of amides is 2. The third kappa shape index (κ3) is 5.30. The number of hydrogen-bond acceptors (Lipinski definition) is 5. The van der Waals surface area contributed by atoms with Gasteiger partial charge in [-0.3, -0.25) is 9.59 Å². The maximum Gasteiger partial charge on any atom is 0.291 e. The van der Waals surface area contributed by atoms with E-state index in [0.717, 1.165) is 5.56 Å². The molecule has 8 heteroatoms. The van der Waals surface area contributed by atoms with Gasteiger partial charge < -0.3 is 24.5 Å². The van der Waals surface area contributed by atoms with Gasteiger partial charge in [0.1, 0.15) is 11.5 Å². The SMILES string of the molecule is COc1ccc(NC(=O)c2ccco2)cc1NC(=O)COc1ccc(Cl)cc1C. The van der Waals surface area contributed by atoms with Gasteiger partial charge in [0, 0.05) is 10.7 Å². The van der Waals surface area contributed by atoms with Gasteiger partial charge in [0.15, 0.2) is 12.4 Å². The van der Waals surface area contributed by atoms with Gasteiger partial charge in [-0.25, -0.2) is 0 Å². The summed E-state index contributed by atoms with van der Waals surface area (Å²) in [6.45, 7) is 1.64. The van der Waals surface area contributed by atoms with E-state index in [1.807, 2.05) is 6.92 Å². The molecule has 0 unspecified atom stereocenters. The predicted octanol–water partition coefficient (Wildman–Crippen LogP) is 4.52. The standard InChI is InChI=1S/C21H19ClN2O5/c1-13-10-14(22)5-7-17(13)29-12-20(25)24-16-11-15(6-8-18(16)27-2)23-21(26)19-4-3-9-28-19/h3-11H,12H2,1-2H3,(H,23,26)(H,24,25). The van der Waals surface area contributed by atoms with Crippen LogP contribution in [0.5, 0.6) is 11.5 Å². The van der Waals surface area contributed by atoms with Crippen molar-refractivity contribution in [3.05, 3.63) is 71.1 Å². The number of carbonyl (C=O) groups is 2. The average molecular weight is 415 g/mol. The van der Waals surface area contributed by atoms with E-state index in [4.69, 9.17) is 25.5 Å². The quantitative estimate of drug-likeness (QED) is 0.593. The maximum atomic E-state index is 12.3. The Morgan fingerprint density at radius 1 is 1.07 bits per heavy atom. The lowest BCUT2D eigenvalue weighted by Gasteiger charge is -2.13. The van der Waals surface area contributed by atoms with Crippen molar-refractivity contribution in [2.24, 2.45) is 0 Å². The highest BCUT2D eigenvalue weighted by atomic mass is 35.5. The van der Waals surface area contributed by atoms with Gasteiger partial charge in [0.2, 0.25) is 0 Å². The predicted molar refractivity (Wildman–Crippen MR) is 110 cm³/mol. The number of anilines is 2. The lowest BCUT2D eigenvalue weighted by atomic mass is 10.2. The molecule has 7 nitrogen and oxygen atoms in total. The molecule has 0 aliphatic carbocycles. The minimum atomic E-state index is -0.404. The van der Waals surface area contributed by atoms with E-state index >= 15 is 0 Å². The highest BCUT2D eigenvalue weighted by Crippen LogP contribution is 2.28. The molecule has 0 saturated heterocycles. The fraction of sp³-hybridized carbons (Fsp3) is 0.143. The second kappa shape index (κ2) is 9.16. The number of hydrogen-bond donors (Lipinski definition) is 2. The van der Waals surface area contributed by atoms with Crippen LogP contribution in [0.1, 0.15) is 16.1 Å². The first-order chi connectivity index (χ1) is 14.0. The van der Waals surface area contributed by atoms with Crippen LogP contribution in [-0.4, -0.2) is 25.5 Å². The number of furan rings is 1. The third-order valence-electron chi connectivity index (χ3n) is 3.97. The Kier molecular flexibility index (Phi) is 6.41. The zero-order chi connectivity index (χ0) is 20.8. The lowest BCUT2D eigenvalue weighted by Crippen LogP contribution is -2.21. The number of carbonyl (C=O) groups excluding carboxylic acids is 2. The van der Waals surface area contributed by atoms with Gasteiger partial charge in [0.25, 0.3) is 11.8 Å². The molecule has 0 aliphatic heterocycles. The molecule has 0 radical (unpaired) electrons. The molecule has 150 valence electrons. The maximum absolute atomic E-state index is 12.3. The molecule has 0 fully saturated rings. The number of methoxy groups -OCH3 is 1. The fourth-order valence-electron chi connectivity index (χ4n) is 2.59. The van der Waals surface area contributed by atoms with E-state index in [2.05, 4.69) is 10.6 Å². The topological polar surface area (TPSA) is 89.8 Å². The summed E-state index contributed by atoms with van der Waals surface area (Å²) in [6.07, 6.45) is 1.41. The molecule has 3 aromatic rings. The molecule has 1 aromatic heterocycles. The first-order valence-electron chi connectivity index (χ1n) is 8.68.